The molecule has 25 heavy (non-hydrogen) atoms. The minimum absolute atomic E-state index is 0.0342. The lowest BCUT2D eigenvalue weighted by atomic mass is 9.87. The fraction of sp³-hybridized carbons (Fsp3) is 0.409. The number of hydrogen-bond donors (Lipinski definition) is 1. The molecule has 0 spiro atoms. The van der Waals surface area contributed by atoms with Crippen LogP contribution in [0.2, 0.25) is 0 Å². The Balaban J connectivity index is 1.45. The first-order chi connectivity index (χ1) is 12.3. The molecule has 130 valence electrons. The van der Waals surface area contributed by atoms with Crippen molar-refractivity contribution in [2.45, 2.75) is 44.6 Å². The van der Waals surface area contributed by atoms with Crippen molar-refractivity contribution in [3.8, 4) is 0 Å². The second kappa shape index (κ2) is 7.30. The molecule has 1 heterocycles. The van der Waals surface area contributed by atoms with Crippen molar-refractivity contribution in [1.29, 1.82) is 0 Å². The van der Waals surface area contributed by atoms with Crippen molar-refractivity contribution in [3.05, 3.63) is 65.2 Å². The SMILES string of the molecule is O=C(NC1CCCc2ccccc21)c1ccc(N2CCCCC2)cc1. The van der Waals surface area contributed by atoms with Gasteiger partial charge in [0.2, 0.25) is 0 Å². The van der Waals surface area contributed by atoms with Crippen LogP contribution < -0.4 is 10.2 Å². The molecular weight excluding hydrogens is 308 g/mol. The van der Waals surface area contributed by atoms with E-state index in [2.05, 4.69) is 46.6 Å². The minimum atomic E-state index is 0.0342. The summed E-state index contributed by atoms with van der Waals surface area (Å²) in [5.74, 6) is 0.0342. The molecule has 4 rings (SSSR count). The fourth-order valence-electron chi connectivity index (χ4n) is 4.12. The maximum Gasteiger partial charge on any atom is 0.251 e. The number of nitrogens with zero attached hydrogens (tertiary/aromatic N) is 1. The van der Waals surface area contributed by atoms with Crippen LogP contribution in [-0.2, 0) is 6.42 Å². The maximum absolute atomic E-state index is 12.7. The summed E-state index contributed by atoms with van der Waals surface area (Å²) >= 11 is 0. The highest BCUT2D eigenvalue weighted by Crippen LogP contribution is 2.29. The van der Waals surface area contributed by atoms with Gasteiger partial charge in [-0.2, -0.15) is 0 Å². The van der Waals surface area contributed by atoms with Crippen molar-refractivity contribution >= 4 is 11.6 Å². The van der Waals surface area contributed by atoms with E-state index in [0.717, 1.165) is 37.9 Å². The van der Waals surface area contributed by atoms with Gasteiger partial charge in [0, 0.05) is 24.3 Å². The molecule has 1 atom stereocenters. The molecule has 2 aromatic carbocycles. The first-order valence-electron chi connectivity index (χ1n) is 9.55. The molecule has 1 saturated heterocycles. The predicted molar refractivity (Wildman–Crippen MR) is 102 cm³/mol. The van der Waals surface area contributed by atoms with Gasteiger partial charge in [-0.15, -0.1) is 0 Å². The lowest BCUT2D eigenvalue weighted by molar-refractivity contribution is 0.0933. The maximum atomic E-state index is 12.7. The lowest BCUT2D eigenvalue weighted by Crippen LogP contribution is -2.31. The highest BCUT2D eigenvalue weighted by atomic mass is 16.1. The molecule has 0 aromatic heterocycles. The van der Waals surface area contributed by atoms with E-state index < -0.39 is 0 Å². The predicted octanol–water partition coefficient (Wildman–Crippen LogP) is 4.48. The van der Waals surface area contributed by atoms with Gasteiger partial charge in [0.1, 0.15) is 0 Å². The van der Waals surface area contributed by atoms with Crippen LogP contribution in [0.3, 0.4) is 0 Å². The average Bonchev–Trinajstić information content (AvgIpc) is 2.69. The van der Waals surface area contributed by atoms with Gasteiger partial charge < -0.3 is 10.2 Å². The summed E-state index contributed by atoms with van der Waals surface area (Å²) in [5, 5.41) is 3.24. The van der Waals surface area contributed by atoms with Crippen molar-refractivity contribution in [2.75, 3.05) is 18.0 Å². The van der Waals surface area contributed by atoms with Gasteiger partial charge in [-0.1, -0.05) is 24.3 Å². The summed E-state index contributed by atoms with van der Waals surface area (Å²) in [7, 11) is 0. The molecule has 0 saturated carbocycles. The van der Waals surface area contributed by atoms with E-state index in [1.165, 1.54) is 36.1 Å². The third-order valence-electron chi connectivity index (χ3n) is 5.53. The number of carbonyl (C=O) groups is 1. The van der Waals surface area contributed by atoms with Gasteiger partial charge in [-0.05, 0) is 73.9 Å². The molecule has 1 fully saturated rings. The Hall–Kier alpha value is -2.29. The Kier molecular flexibility index (Phi) is 4.73. The second-order valence-electron chi connectivity index (χ2n) is 7.21. The first kappa shape index (κ1) is 16.2. The van der Waals surface area contributed by atoms with Gasteiger partial charge >= 0.3 is 0 Å². The molecule has 1 unspecified atom stereocenters. The van der Waals surface area contributed by atoms with E-state index in [-0.39, 0.29) is 11.9 Å². The van der Waals surface area contributed by atoms with E-state index in [4.69, 9.17) is 0 Å². The van der Waals surface area contributed by atoms with Gasteiger partial charge in [-0.3, -0.25) is 4.79 Å². The highest BCUT2D eigenvalue weighted by Gasteiger charge is 2.22. The number of nitrogens with one attached hydrogen (secondary N) is 1. The zero-order chi connectivity index (χ0) is 17.1. The number of amides is 1. The highest BCUT2D eigenvalue weighted by molar-refractivity contribution is 5.94. The molecule has 1 aliphatic carbocycles. The van der Waals surface area contributed by atoms with Crippen molar-refractivity contribution in [2.24, 2.45) is 0 Å². The smallest absolute Gasteiger partial charge is 0.251 e. The zero-order valence-electron chi connectivity index (χ0n) is 14.7. The van der Waals surface area contributed by atoms with E-state index in [0.29, 0.717) is 0 Å². The number of aryl methyl sites for hydroxylation is 1. The lowest BCUT2D eigenvalue weighted by Gasteiger charge is -2.29. The Bertz CT molecular complexity index is 732. The fourth-order valence-corrected chi connectivity index (χ4v) is 4.12. The quantitative estimate of drug-likeness (QED) is 0.897. The molecule has 1 aliphatic heterocycles. The normalized spacial score (nSPS) is 20.0. The van der Waals surface area contributed by atoms with Crippen LogP contribution in [0.1, 0.15) is 59.6 Å². The molecule has 2 aromatic rings. The molecule has 0 radical (unpaired) electrons. The van der Waals surface area contributed by atoms with Crippen LogP contribution in [0.5, 0.6) is 0 Å². The minimum Gasteiger partial charge on any atom is -0.372 e. The molecule has 2 aliphatic rings. The topological polar surface area (TPSA) is 32.3 Å². The Labute approximate surface area is 150 Å². The van der Waals surface area contributed by atoms with Crippen molar-refractivity contribution in [3.63, 3.8) is 0 Å². The first-order valence-corrected chi connectivity index (χ1v) is 9.55. The molecule has 3 nitrogen and oxygen atoms in total. The van der Waals surface area contributed by atoms with Gasteiger partial charge in [0.05, 0.1) is 6.04 Å². The Morgan fingerprint density at radius 2 is 1.68 bits per heavy atom. The van der Waals surface area contributed by atoms with Gasteiger partial charge in [0.15, 0.2) is 0 Å². The number of carbonyl (C=O) groups excluding carboxylic acids is 1. The monoisotopic (exact) mass is 334 g/mol. The molecule has 0 bridgehead atoms. The van der Waals surface area contributed by atoms with Crippen LogP contribution in [0.4, 0.5) is 5.69 Å². The molecule has 1 N–H and O–H groups in total. The number of anilines is 1. The van der Waals surface area contributed by atoms with Crippen LogP contribution in [0.25, 0.3) is 0 Å². The van der Waals surface area contributed by atoms with Crippen LogP contribution in [0, 0.1) is 0 Å². The number of rotatable bonds is 3. The van der Waals surface area contributed by atoms with Crippen LogP contribution in [-0.4, -0.2) is 19.0 Å². The number of hydrogen-bond acceptors (Lipinski definition) is 2. The summed E-state index contributed by atoms with van der Waals surface area (Å²) in [5.41, 5.74) is 4.65. The van der Waals surface area contributed by atoms with Crippen LogP contribution in [0.15, 0.2) is 48.5 Å². The van der Waals surface area contributed by atoms with E-state index >= 15 is 0 Å². The summed E-state index contributed by atoms with van der Waals surface area (Å²) in [6, 6.07) is 16.7. The average molecular weight is 334 g/mol. The van der Waals surface area contributed by atoms with Crippen LogP contribution >= 0.6 is 0 Å². The Morgan fingerprint density at radius 3 is 2.48 bits per heavy atom. The van der Waals surface area contributed by atoms with Gasteiger partial charge in [0.25, 0.3) is 5.91 Å². The Morgan fingerprint density at radius 1 is 0.920 bits per heavy atom. The molecular formula is C22H26N2O. The van der Waals surface area contributed by atoms with E-state index in [1.807, 2.05) is 12.1 Å². The summed E-state index contributed by atoms with van der Waals surface area (Å²) in [6.45, 7) is 2.26. The summed E-state index contributed by atoms with van der Waals surface area (Å²) < 4.78 is 0. The van der Waals surface area contributed by atoms with Gasteiger partial charge in [-0.25, -0.2) is 0 Å². The number of piperidine rings is 1. The standard InChI is InChI=1S/C22H26N2O/c25-22(23-21-10-6-8-17-7-2-3-9-20(17)21)18-11-13-19(14-12-18)24-15-4-1-5-16-24/h2-3,7,9,11-14,21H,1,4-6,8,10,15-16H2,(H,23,25). The van der Waals surface area contributed by atoms with E-state index in [9.17, 15) is 4.79 Å². The third kappa shape index (κ3) is 3.55. The molecule has 1 amide bonds. The molecule has 3 heteroatoms. The second-order valence-corrected chi connectivity index (χ2v) is 7.21. The third-order valence-corrected chi connectivity index (χ3v) is 5.53. The summed E-state index contributed by atoms with van der Waals surface area (Å²) in [6.07, 6.45) is 7.14. The van der Waals surface area contributed by atoms with E-state index in [1.54, 1.807) is 0 Å². The number of benzene rings is 2. The van der Waals surface area contributed by atoms with Crippen molar-refractivity contribution in [1.82, 2.24) is 5.32 Å². The zero-order valence-corrected chi connectivity index (χ0v) is 14.7. The number of fused-ring (bicyclic) bond motifs is 1. The van der Waals surface area contributed by atoms with Crippen molar-refractivity contribution < 1.29 is 4.79 Å². The largest absolute Gasteiger partial charge is 0.372 e. The summed E-state index contributed by atoms with van der Waals surface area (Å²) in [4.78, 5) is 15.1.